The Bertz CT molecular complexity index is 691. The van der Waals surface area contributed by atoms with Crippen molar-refractivity contribution in [1.29, 1.82) is 0 Å². The smallest absolute Gasteiger partial charge is 0.326 e. The standard InChI is InChI=1S/C20H26N2O5/c23-16-6-4-13(5-7-16)12-17(20(26)27)21-18(24)14-8-10-22(11-9-14)19(25)15-2-1-3-15/h4-7,14-15,17,23H,1-3,8-12H2,(H,21,24)(H,26,27)/t17-/m0/s1. The van der Waals surface area contributed by atoms with Crippen LogP contribution in [0.15, 0.2) is 24.3 Å². The number of hydrogen-bond donors (Lipinski definition) is 3. The van der Waals surface area contributed by atoms with E-state index < -0.39 is 12.0 Å². The first-order chi connectivity index (χ1) is 12.9. The van der Waals surface area contributed by atoms with Gasteiger partial charge in [-0.25, -0.2) is 4.79 Å². The molecule has 1 aliphatic carbocycles. The fraction of sp³-hybridized carbons (Fsp3) is 0.550. The number of phenolic OH excluding ortho intramolecular Hbond substituents is 1. The first-order valence-corrected chi connectivity index (χ1v) is 9.54. The molecule has 2 aliphatic rings. The van der Waals surface area contributed by atoms with E-state index in [-0.39, 0.29) is 35.8 Å². The van der Waals surface area contributed by atoms with Crippen LogP contribution >= 0.6 is 0 Å². The normalized spacial score (nSPS) is 19.2. The molecule has 1 aromatic rings. The molecule has 3 N–H and O–H groups in total. The Kier molecular flexibility index (Phi) is 5.98. The van der Waals surface area contributed by atoms with Crippen molar-refractivity contribution in [3.8, 4) is 5.75 Å². The van der Waals surface area contributed by atoms with E-state index >= 15 is 0 Å². The second kappa shape index (κ2) is 8.41. The van der Waals surface area contributed by atoms with Gasteiger partial charge in [0.2, 0.25) is 11.8 Å². The average Bonchev–Trinajstić information content (AvgIpc) is 2.61. The lowest BCUT2D eigenvalue weighted by Gasteiger charge is -2.36. The fourth-order valence-corrected chi connectivity index (χ4v) is 3.63. The van der Waals surface area contributed by atoms with Crippen molar-refractivity contribution < 1.29 is 24.6 Å². The maximum Gasteiger partial charge on any atom is 0.326 e. The Morgan fingerprint density at radius 3 is 2.19 bits per heavy atom. The molecule has 7 heteroatoms. The number of hydrogen-bond acceptors (Lipinski definition) is 4. The summed E-state index contributed by atoms with van der Waals surface area (Å²) in [6.45, 7) is 1.12. The lowest BCUT2D eigenvalue weighted by atomic mass is 9.83. The number of nitrogens with one attached hydrogen (secondary N) is 1. The van der Waals surface area contributed by atoms with Gasteiger partial charge in [-0.05, 0) is 43.4 Å². The van der Waals surface area contributed by atoms with E-state index in [0.717, 1.165) is 24.8 Å². The molecule has 7 nitrogen and oxygen atoms in total. The predicted molar refractivity (Wildman–Crippen MR) is 98.0 cm³/mol. The second-order valence-electron chi connectivity index (χ2n) is 7.50. The molecule has 1 heterocycles. The maximum absolute atomic E-state index is 12.5. The number of aliphatic carboxylic acids is 1. The first kappa shape index (κ1) is 19.2. The van der Waals surface area contributed by atoms with Crippen LogP contribution in [0.2, 0.25) is 0 Å². The number of benzene rings is 1. The van der Waals surface area contributed by atoms with Gasteiger partial charge in [-0.1, -0.05) is 18.6 Å². The van der Waals surface area contributed by atoms with Gasteiger partial charge in [0, 0.05) is 31.3 Å². The van der Waals surface area contributed by atoms with Crippen LogP contribution < -0.4 is 5.32 Å². The summed E-state index contributed by atoms with van der Waals surface area (Å²) in [5, 5.41) is 21.4. The molecule has 0 bridgehead atoms. The van der Waals surface area contributed by atoms with Crippen LogP contribution in [0.4, 0.5) is 0 Å². The van der Waals surface area contributed by atoms with Gasteiger partial charge in [-0.3, -0.25) is 9.59 Å². The zero-order chi connectivity index (χ0) is 19.4. The Morgan fingerprint density at radius 2 is 1.67 bits per heavy atom. The van der Waals surface area contributed by atoms with Crippen molar-refractivity contribution in [2.45, 2.75) is 44.6 Å². The van der Waals surface area contributed by atoms with Crippen molar-refractivity contribution in [3.63, 3.8) is 0 Å². The van der Waals surface area contributed by atoms with Gasteiger partial charge in [-0.15, -0.1) is 0 Å². The zero-order valence-electron chi connectivity index (χ0n) is 15.3. The van der Waals surface area contributed by atoms with Crippen LogP contribution in [0, 0.1) is 11.8 Å². The molecule has 27 heavy (non-hydrogen) atoms. The minimum atomic E-state index is -1.09. The number of likely N-dealkylation sites (tertiary alicyclic amines) is 1. The molecular weight excluding hydrogens is 348 g/mol. The SMILES string of the molecule is O=C(N[C@@H](Cc1ccc(O)cc1)C(=O)O)C1CCN(C(=O)C2CCC2)CC1. The zero-order valence-corrected chi connectivity index (χ0v) is 15.3. The predicted octanol–water partition coefficient (Wildman–Crippen LogP) is 1.54. The molecule has 0 spiro atoms. The number of rotatable bonds is 6. The quantitative estimate of drug-likeness (QED) is 0.700. The van der Waals surface area contributed by atoms with Gasteiger partial charge in [0.25, 0.3) is 0 Å². The molecule has 0 aromatic heterocycles. The van der Waals surface area contributed by atoms with Crippen LogP contribution in [0.3, 0.4) is 0 Å². The van der Waals surface area contributed by atoms with Crippen LogP contribution in [-0.4, -0.2) is 52.0 Å². The summed E-state index contributed by atoms with van der Waals surface area (Å²) in [6.07, 6.45) is 4.34. The van der Waals surface area contributed by atoms with Gasteiger partial charge >= 0.3 is 5.97 Å². The van der Waals surface area contributed by atoms with Gasteiger partial charge in [-0.2, -0.15) is 0 Å². The summed E-state index contributed by atoms with van der Waals surface area (Å²) in [5.74, 6) is -1.14. The van der Waals surface area contributed by atoms with E-state index in [1.54, 1.807) is 12.1 Å². The lowest BCUT2D eigenvalue weighted by Crippen LogP contribution is -2.49. The molecule has 1 aromatic carbocycles. The van der Waals surface area contributed by atoms with E-state index in [1.807, 2.05) is 4.90 Å². The first-order valence-electron chi connectivity index (χ1n) is 9.54. The number of phenols is 1. The highest BCUT2D eigenvalue weighted by atomic mass is 16.4. The molecule has 2 amide bonds. The maximum atomic E-state index is 12.5. The highest BCUT2D eigenvalue weighted by molar-refractivity contribution is 5.85. The molecular formula is C20H26N2O5. The minimum absolute atomic E-state index is 0.109. The Balaban J connectivity index is 1.51. The number of nitrogens with zero attached hydrogens (tertiary/aromatic N) is 1. The molecule has 2 fully saturated rings. The molecule has 3 rings (SSSR count). The van der Waals surface area contributed by atoms with E-state index in [0.29, 0.717) is 25.9 Å². The largest absolute Gasteiger partial charge is 0.508 e. The Hall–Kier alpha value is -2.57. The van der Waals surface area contributed by atoms with Crippen LogP contribution in [0.1, 0.15) is 37.7 Å². The number of carboxylic acids is 1. The Labute approximate surface area is 158 Å². The topological polar surface area (TPSA) is 107 Å². The molecule has 0 unspecified atom stereocenters. The van der Waals surface area contributed by atoms with Crippen molar-refractivity contribution in [1.82, 2.24) is 10.2 Å². The fourth-order valence-electron chi connectivity index (χ4n) is 3.63. The van der Waals surface area contributed by atoms with E-state index in [9.17, 15) is 24.6 Å². The highest BCUT2D eigenvalue weighted by Crippen LogP contribution is 2.30. The van der Waals surface area contributed by atoms with E-state index in [2.05, 4.69) is 5.32 Å². The number of amides is 2. The third-order valence-electron chi connectivity index (χ3n) is 5.62. The third kappa shape index (κ3) is 4.78. The van der Waals surface area contributed by atoms with E-state index in [4.69, 9.17) is 0 Å². The molecule has 146 valence electrons. The second-order valence-corrected chi connectivity index (χ2v) is 7.50. The monoisotopic (exact) mass is 374 g/mol. The van der Waals surface area contributed by atoms with Crippen LogP contribution in [0.5, 0.6) is 5.75 Å². The summed E-state index contributed by atoms with van der Waals surface area (Å²) in [7, 11) is 0. The summed E-state index contributed by atoms with van der Waals surface area (Å²) >= 11 is 0. The average molecular weight is 374 g/mol. The van der Waals surface area contributed by atoms with E-state index in [1.165, 1.54) is 12.1 Å². The van der Waals surface area contributed by atoms with Gasteiger partial charge < -0.3 is 20.4 Å². The molecule has 1 saturated heterocycles. The van der Waals surface area contributed by atoms with Crippen LogP contribution in [0.25, 0.3) is 0 Å². The number of aromatic hydroxyl groups is 1. The summed E-state index contributed by atoms with van der Waals surface area (Å²) in [5.41, 5.74) is 0.724. The summed E-state index contributed by atoms with van der Waals surface area (Å²) < 4.78 is 0. The number of carbonyl (C=O) groups is 3. The van der Waals surface area contributed by atoms with Crippen molar-refractivity contribution in [2.24, 2.45) is 11.8 Å². The minimum Gasteiger partial charge on any atom is -0.508 e. The van der Waals surface area contributed by atoms with Crippen molar-refractivity contribution >= 4 is 17.8 Å². The van der Waals surface area contributed by atoms with Gasteiger partial charge in [0.15, 0.2) is 0 Å². The molecule has 1 atom stereocenters. The lowest BCUT2D eigenvalue weighted by molar-refractivity contribution is -0.143. The summed E-state index contributed by atoms with van der Waals surface area (Å²) in [6, 6.07) is 5.25. The molecule has 0 radical (unpaired) electrons. The number of carbonyl (C=O) groups excluding carboxylic acids is 2. The van der Waals surface area contributed by atoms with Crippen molar-refractivity contribution in [3.05, 3.63) is 29.8 Å². The molecule has 1 aliphatic heterocycles. The Morgan fingerprint density at radius 1 is 1.04 bits per heavy atom. The summed E-state index contributed by atoms with van der Waals surface area (Å²) in [4.78, 5) is 38.2. The number of carboxylic acid groups (broad SMARTS) is 1. The molecule has 1 saturated carbocycles. The van der Waals surface area contributed by atoms with Gasteiger partial charge in [0.05, 0.1) is 0 Å². The van der Waals surface area contributed by atoms with Crippen LogP contribution in [-0.2, 0) is 20.8 Å². The van der Waals surface area contributed by atoms with Crippen molar-refractivity contribution in [2.75, 3.05) is 13.1 Å². The van der Waals surface area contributed by atoms with Gasteiger partial charge in [0.1, 0.15) is 11.8 Å². The highest BCUT2D eigenvalue weighted by Gasteiger charge is 2.34. The third-order valence-corrected chi connectivity index (χ3v) is 5.62. The number of piperidine rings is 1.